The van der Waals surface area contributed by atoms with Crippen molar-refractivity contribution in [3.05, 3.63) is 102 Å². The summed E-state index contributed by atoms with van der Waals surface area (Å²) in [5.41, 5.74) is 5.23. The predicted octanol–water partition coefficient (Wildman–Crippen LogP) is 8.31. The van der Waals surface area contributed by atoms with Crippen LogP contribution in [0.15, 0.2) is 90.6 Å². The van der Waals surface area contributed by atoms with Crippen LogP contribution in [0.1, 0.15) is 69.4 Å². The zero-order valence-corrected chi connectivity index (χ0v) is 23.3. The van der Waals surface area contributed by atoms with Crippen LogP contribution in [-0.2, 0) is 0 Å². The largest absolute Gasteiger partial charge is 0.301 e. The second-order valence-electron chi connectivity index (χ2n) is 11.1. The molecule has 3 aliphatic rings. The summed E-state index contributed by atoms with van der Waals surface area (Å²) in [6, 6.07) is 18.1. The molecule has 2 nitrogen and oxygen atoms in total. The summed E-state index contributed by atoms with van der Waals surface area (Å²) >= 11 is 0. The first-order valence-electron chi connectivity index (χ1n) is 14.8. The van der Waals surface area contributed by atoms with Crippen molar-refractivity contribution in [2.45, 2.75) is 71.3 Å². The van der Waals surface area contributed by atoms with Gasteiger partial charge in [0.2, 0.25) is 0 Å². The second kappa shape index (κ2) is 15.1. The maximum absolute atomic E-state index is 2.82. The molecule has 2 heteroatoms. The van der Waals surface area contributed by atoms with Gasteiger partial charge in [0.1, 0.15) is 0 Å². The van der Waals surface area contributed by atoms with Crippen LogP contribution in [0.3, 0.4) is 0 Å². The molecule has 4 rings (SSSR count). The lowest BCUT2D eigenvalue weighted by molar-refractivity contribution is 0.0894. The van der Waals surface area contributed by atoms with Gasteiger partial charge in [-0.2, -0.15) is 0 Å². The molecular weight excluding hydrogens is 448 g/mol. The van der Waals surface area contributed by atoms with Gasteiger partial charge in [0.05, 0.1) is 0 Å². The van der Waals surface area contributed by atoms with E-state index in [1.807, 2.05) is 0 Å². The Bertz CT molecular complexity index is 993. The van der Waals surface area contributed by atoms with Crippen LogP contribution in [0, 0.1) is 12.8 Å². The van der Waals surface area contributed by atoms with Crippen LogP contribution in [-0.4, -0.2) is 48.6 Å². The minimum atomic E-state index is 0.808. The third-order valence-electron chi connectivity index (χ3n) is 8.44. The Morgan fingerprint density at radius 1 is 0.730 bits per heavy atom. The van der Waals surface area contributed by atoms with E-state index in [2.05, 4.69) is 109 Å². The molecule has 2 unspecified atom stereocenters. The van der Waals surface area contributed by atoms with E-state index < -0.39 is 0 Å². The highest BCUT2D eigenvalue weighted by molar-refractivity contribution is 5.75. The predicted molar refractivity (Wildman–Crippen MR) is 161 cm³/mol. The molecule has 0 bridgehead atoms. The molecule has 0 radical (unpaired) electrons. The molecular formula is C35H48N2. The molecule has 1 aromatic rings. The summed E-state index contributed by atoms with van der Waals surface area (Å²) in [5, 5.41) is 0. The van der Waals surface area contributed by atoms with Crippen LogP contribution < -0.4 is 0 Å². The number of allylic oxidation sites excluding steroid dienone is 8. The van der Waals surface area contributed by atoms with E-state index in [1.165, 1.54) is 106 Å². The molecule has 0 N–H and O–H groups in total. The Labute approximate surface area is 226 Å². The fourth-order valence-corrected chi connectivity index (χ4v) is 6.10. The van der Waals surface area contributed by atoms with Gasteiger partial charge in [-0.15, -0.1) is 0 Å². The zero-order valence-electron chi connectivity index (χ0n) is 23.3. The Morgan fingerprint density at radius 3 is 2.14 bits per heavy atom. The van der Waals surface area contributed by atoms with Gasteiger partial charge < -0.3 is 4.90 Å². The summed E-state index contributed by atoms with van der Waals surface area (Å²) < 4.78 is 0. The molecule has 1 aliphatic heterocycles. The van der Waals surface area contributed by atoms with Crippen LogP contribution in [0.2, 0.25) is 0 Å². The third-order valence-corrected chi connectivity index (χ3v) is 8.44. The molecule has 198 valence electrons. The average Bonchev–Trinajstić information content (AvgIpc) is 3.02. The normalized spacial score (nSPS) is 28.5. The Balaban J connectivity index is 1.38. The van der Waals surface area contributed by atoms with Crippen molar-refractivity contribution >= 4 is 5.57 Å². The molecule has 0 amide bonds. The Kier molecular flexibility index (Phi) is 11.3. The summed E-state index contributed by atoms with van der Waals surface area (Å²) in [6.45, 7) is 10.7. The maximum atomic E-state index is 2.82. The van der Waals surface area contributed by atoms with Crippen molar-refractivity contribution in [3.8, 4) is 0 Å². The lowest BCUT2D eigenvalue weighted by Gasteiger charge is -2.39. The fraction of sp³-hybridized carbons (Fsp3) is 0.486. The zero-order chi connectivity index (χ0) is 25.7. The number of piperazine rings is 1. The number of likely N-dealkylation sites (N-methyl/N-ethyl adjacent to an activating group) is 1. The van der Waals surface area contributed by atoms with Gasteiger partial charge in [-0.3, -0.25) is 4.90 Å². The topological polar surface area (TPSA) is 6.48 Å². The minimum Gasteiger partial charge on any atom is -0.301 e. The van der Waals surface area contributed by atoms with E-state index in [1.54, 1.807) is 0 Å². The lowest BCUT2D eigenvalue weighted by atomic mass is 9.89. The summed E-state index contributed by atoms with van der Waals surface area (Å²) in [6.07, 6.45) is 24.6. The van der Waals surface area contributed by atoms with Crippen molar-refractivity contribution in [2.75, 3.05) is 32.7 Å². The van der Waals surface area contributed by atoms with E-state index in [-0.39, 0.29) is 0 Å². The van der Waals surface area contributed by atoms with E-state index in [9.17, 15) is 0 Å². The second-order valence-corrected chi connectivity index (χ2v) is 11.1. The van der Waals surface area contributed by atoms with Crippen molar-refractivity contribution in [1.82, 2.24) is 9.80 Å². The lowest BCUT2D eigenvalue weighted by Crippen LogP contribution is -2.50. The van der Waals surface area contributed by atoms with Crippen LogP contribution in [0.4, 0.5) is 0 Å². The highest BCUT2D eigenvalue weighted by Gasteiger charge is 2.24. The number of hydrogen-bond acceptors (Lipinski definition) is 2. The minimum absolute atomic E-state index is 0.808. The first-order chi connectivity index (χ1) is 18.2. The number of aryl methyl sites for hydroxylation is 1. The van der Waals surface area contributed by atoms with Gasteiger partial charge >= 0.3 is 0 Å². The Morgan fingerprint density at radius 2 is 1.38 bits per heavy atom. The molecule has 1 saturated heterocycles. The van der Waals surface area contributed by atoms with Crippen LogP contribution in [0.5, 0.6) is 0 Å². The van der Waals surface area contributed by atoms with E-state index >= 15 is 0 Å². The van der Waals surface area contributed by atoms with Gasteiger partial charge in [0, 0.05) is 32.2 Å². The van der Waals surface area contributed by atoms with E-state index in [4.69, 9.17) is 0 Å². The quantitative estimate of drug-likeness (QED) is 0.404. The first kappa shape index (κ1) is 27.6. The van der Waals surface area contributed by atoms with Gasteiger partial charge in [-0.25, -0.2) is 0 Å². The molecule has 2 atom stereocenters. The standard InChI is InChI=1S/C35H48N2/c1-3-36-25-27-37(28-26-36)35-21-11-7-15-31(17-12-22-35)29-32-16-6-10-20-34(24-23-32)33-18-8-4-13-30(2)14-5-9-19-33/h4-6,8-10,13-14,16,18-20,23-24,31,35H,3,7,11-12,15,17,21-22,25-29H2,1-2H3/b8-4?,9-5?,10-6?,13-4?,14-5?,16-6-,18-8?,19-9?,20-10-,24-23?,30-13?,30-14?,32-16?,32-23+,33-18?,33-19?,34-20?,34-24+. The Hall–Kier alpha value is -2.42. The molecule has 1 saturated carbocycles. The summed E-state index contributed by atoms with van der Waals surface area (Å²) in [7, 11) is 0. The molecule has 0 spiro atoms. The number of rotatable bonds is 5. The summed E-state index contributed by atoms with van der Waals surface area (Å²) in [5.74, 6) is 0.808. The molecule has 1 heterocycles. The fourth-order valence-electron chi connectivity index (χ4n) is 6.10. The van der Waals surface area contributed by atoms with Crippen molar-refractivity contribution in [1.29, 1.82) is 0 Å². The molecule has 37 heavy (non-hydrogen) atoms. The van der Waals surface area contributed by atoms with Gasteiger partial charge in [-0.1, -0.05) is 130 Å². The van der Waals surface area contributed by atoms with Crippen LogP contribution >= 0.6 is 0 Å². The van der Waals surface area contributed by atoms with E-state index in [0.717, 1.165) is 12.0 Å². The third kappa shape index (κ3) is 9.13. The van der Waals surface area contributed by atoms with Crippen molar-refractivity contribution in [2.24, 2.45) is 5.92 Å². The highest BCUT2D eigenvalue weighted by Crippen LogP contribution is 2.30. The number of nitrogens with zero attached hydrogens (tertiary/aromatic N) is 2. The monoisotopic (exact) mass is 496 g/mol. The van der Waals surface area contributed by atoms with Crippen LogP contribution in [0.25, 0.3) is 5.57 Å². The van der Waals surface area contributed by atoms with Gasteiger partial charge in [-0.05, 0) is 55.4 Å². The van der Waals surface area contributed by atoms with Gasteiger partial charge in [0.25, 0.3) is 0 Å². The van der Waals surface area contributed by atoms with E-state index in [0.29, 0.717) is 0 Å². The first-order valence-corrected chi connectivity index (χ1v) is 14.8. The highest BCUT2D eigenvalue weighted by atomic mass is 15.3. The molecule has 2 aliphatic carbocycles. The maximum Gasteiger partial charge on any atom is 0.0113 e. The van der Waals surface area contributed by atoms with Gasteiger partial charge in [0.15, 0.2) is 0 Å². The van der Waals surface area contributed by atoms with Crippen molar-refractivity contribution in [3.63, 3.8) is 0 Å². The SMILES string of the molecule is CCN1CCN(C2CCCCC(CC3=C/C=C(c4ccccc(C)cccc4)\C=C/C=C\3)CCC2)CC1. The molecule has 1 aromatic carbocycles. The summed E-state index contributed by atoms with van der Waals surface area (Å²) in [4.78, 5) is 5.42. The molecule has 2 fully saturated rings. The average molecular weight is 497 g/mol. The molecule has 0 aromatic heterocycles. The smallest absolute Gasteiger partial charge is 0.0113 e. The number of hydrogen-bond donors (Lipinski definition) is 0. The van der Waals surface area contributed by atoms with Crippen molar-refractivity contribution < 1.29 is 0 Å².